The Morgan fingerprint density at radius 1 is 1.48 bits per heavy atom. The van der Waals surface area contributed by atoms with Gasteiger partial charge in [0.05, 0.1) is 16.8 Å². The number of aryl methyl sites for hydroxylation is 1. The van der Waals surface area contributed by atoms with Crippen LogP contribution in [0.3, 0.4) is 0 Å². The predicted molar refractivity (Wildman–Crippen MR) is 83.2 cm³/mol. The van der Waals surface area contributed by atoms with Gasteiger partial charge in [-0.15, -0.1) is 0 Å². The van der Waals surface area contributed by atoms with Crippen molar-refractivity contribution in [2.75, 3.05) is 12.3 Å². The molecule has 0 amide bonds. The minimum atomic E-state index is -0.482. The number of hydrogen-bond acceptors (Lipinski definition) is 4. The molecule has 5 heteroatoms. The van der Waals surface area contributed by atoms with E-state index < -0.39 is 5.97 Å². The third kappa shape index (κ3) is 2.03. The van der Waals surface area contributed by atoms with Crippen molar-refractivity contribution in [2.24, 2.45) is 0 Å². The van der Waals surface area contributed by atoms with E-state index in [1.165, 1.54) is 6.08 Å². The van der Waals surface area contributed by atoms with E-state index in [2.05, 4.69) is 16.5 Å². The Balaban J connectivity index is 2.28. The van der Waals surface area contributed by atoms with E-state index in [0.717, 1.165) is 16.3 Å². The largest absolute Gasteiger partial charge is 0.458 e. The zero-order valence-corrected chi connectivity index (χ0v) is 11.6. The monoisotopic (exact) mass is 281 g/mol. The molecular formula is C16H15N3O2. The molecular weight excluding hydrogens is 266 g/mol. The van der Waals surface area contributed by atoms with Crippen molar-refractivity contribution in [3.63, 3.8) is 0 Å². The normalized spacial score (nSPS) is 10.9. The number of nitrogens with one attached hydrogen (secondary N) is 1. The third-order valence-corrected chi connectivity index (χ3v) is 3.40. The number of H-pyrrole nitrogens is 1. The van der Waals surface area contributed by atoms with Gasteiger partial charge in [0, 0.05) is 10.9 Å². The lowest BCUT2D eigenvalue weighted by molar-refractivity contribution is 0.0550. The Labute approximate surface area is 121 Å². The Morgan fingerprint density at radius 3 is 3.00 bits per heavy atom. The Hall–Kier alpha value is -2.82. The fraction of sp³-hybridized carbons (Fsp3) is 0.125. The zero-order valence-electron chi connectivity index (χ0n) is 11.6. The molecule has 0 saturated heterocycles. The number of nitrogens with two attached hydrogens (primary N) is 1. The van der Waals surface area contributed by atoms with Gasteiger partial charge in [0.15, 0.2) is 0 Å². The van der Waals surface area contributed by atoms with Crippen LogP contribution in [0, 0.1) is 6.92 Å². The van der Waals surface area contributed by atoms with Crippen LogP contribution < -0.4 is 5.73 Å². The van der Waals surface area contributed by atoms with Crippen LogP contribution in [-0.2, 0) is 4.74 Å². The number of para-hydroxylation sites is 1. The number of carbonyl (C=O) groups excluding carboxylic acids is 1. The van der Waals surface area contributed by atoms with Crippen molar-refractivity contribution in [1.82, 2.24) is 9.97 Å². The van der Waals surface area contributed by atoms with Crippen LogP contribution >= 0.6 is 0 Å². The molecule has 106 valence electrons. The Morgan fingerprint density at radius 2 is 2.24 bits per heavy atom. The molecule has 2 heterocycles. The molecule has 1 aromatic carbocycles. The van der Waals surface area contributed by atoms with Crippen LogP contribution in [-0.4, -0.2) is 22.5 Å². The molecule has 0 aliphatic heterocycles. The maximum Gasteiger partial charge on any atom is 0.342 e. The first-order chi connectivity index (χ1) is 10.1. The highest BCUT2D eigenvalue weighted by atomic mass is 16.5. The minimum absolute atomic E-state index is 0.142. The van der Waals surface area contributed by atoms with Gasteiger partial charge in [-0.3, -0.25) is 0 Å². The summed E-state index contributed by atoms with van der Waals surface area (Å²) in [5, 5.41) is 1.69. The van der Waals surface area contributed by atoms with Crippen molar-refractivity contribution < 1.29 is 9.53 Å². The summed E-state index contributed by atoms with van der Waals surface area (Å²) < 4.78 is 5.09. The molecule has 0 spiro atoms. The molecule has 21 heavy (non-hydrogen) atoms. The molecule has 3 N–H and O–H groups in total. The van der Waals surface area contributed by atoms with Crippen LogP contribution in [0.15, 0.2) is 36.9 Å². The number of nitrogens with zero attached hydrogens (tertiary/aromatic N) is 1. The molecule has 5 nitrogen and oxygen atoms in total. The van der Waals surface area contributed by atoms with Crippen LogP contribution in [0.1, 0.15) is 16.1 Å². The first-order valence-corrected chi connectivity index (χ1v) is 6.58. The highest BCUT2D eigenvalue weighted by Gasteiger charge is 2.20. The quantitative estimate of drug-likeness (QED) is 0.571. The number of ether oxygens (including phenoxy) is 1. The van der Waals surface area contributed by atoms with Crippen LogP contribution in [0.5, 0.6) is 0 Å². The van der Waals surface area contributed by atoms with Gasteiger partial charge in [-0.25, -0.2) is 9.78 Å². The molecule has 3 aromatic rings. The molecule has 2 aromatic heterocycles. The van der Waals surface area contributed by atoms with E-state index in [1.807, 2.05) is 24.3 Å². The SMILES string of the molecule is C=CCOC(=O)c1c(C)nc2[nH]c3ccccc3c2c1N. The molecule has 0 bridgehead atoms. The summed E-state index contributed by atoms with van der Waals surface area (Å²) in [7, 11) is 0. The van der Waals surface area contributed by atoms with Crippen LogP contribution in [0.4, 0.5) is 5.69 Å². The maximum absolute atomic E-state index is 12.1. The number of aromatic nitrogens is 2. The standard InChI is InChI=1S/C16H15N3O2/c1-3-8-21-16(20)12-9(2)18-15-13(14(12)17)10-6-4-5-7-11(10)19-15/h3-7H,1,8H2,2H3,(H3,17,18,19). The van der Waals surface area contributed by atoms with Crippen molar-refractivity contribution >= 4 is 33.6 Å². The molecule has 0 fully saturated rings. The topological polar surface area (TPSA) is 81.0 Å². The highest BCUT2D eigenvalue weighted by molar-refractivity contribution is 6.16. The van der Waals surface area contributed by atoms with Gasteiger partial charge in [0.2, 0.25) is 0 Å². The average Bonchev–Trinajstić information content (AvgIpc) is 2.83. The van der Waals surface area contributed by atoms with E-state index in [-0.39, 0.29) is 6.61 Å². The fourth-order valence-corrected chi connectivity index (χ4v) is 2.49. The smallest absolute Gasteiger partial charge is 0.342 e. The number of fused-ring (bicyclic) bond motifs is 3. The average molecular weight is 281 g/mol. The number of rotatable bonds is 3. The van der Waals surface area contributed by atoms with Gasteiger partial charge in [-0.2, -0.15) is 0 Å². The highest BCUT2D eigenvalue weighted by Crippen LogP contribution is 2.32. The molecule has 3 rings (SSSR count). The summed E-state index contributed by atoms with van der Waals surface area (Å²) in [6.45, 7) is 5.41. The maximum atomic E-state index is 12.1. The summed E-state index contributed by atoms with van der Waals surface area (Å²) >= 11 is 0. The predicted octanol–water partition coefficient (Wildman–Crippen LogP) is 2.95. The molecule has 0 atom stereocenters. The molecule has 0 aliphatic rings. The minimum Gasteiger partial charge on any atom is -0.458 e. The fourth-order valence-electron chi connectivity index (χ4n) is 2.49. The number of hydrogen-bond donors (Lipinski definition) is 2. The van der Waals surface area contributed by atoms with E-state index in [0.29, 0.717) is 22.6 Å². The van der Waals surface area contributed by atoms with Crippen molar-refractivity contribution in [2.45, 2.75) is 6.92 Å². The van der Waals surface area contributed by atoms with Gasteiger partial charge in [0.1, 0.15) is 17.8 Å². The van der Waals surface area contributed by atoms with E-state index in [1.54, 1.807) is 6.92 Å². The van der Waals surface area contributed by atoms with Gasteiger partial charge < -0.3 is 15.5 Å². The molecule has 0 radical (unpaired) electrons. The number of esters is 1. The molecule has 0 aliphatic carbocycles. The van der Waals surface area contributed by atoms with Crippen molar-refractivity contribution in [1.29, 1.82) is 0 Å². The van der Waals surface area contributed by atoms with Gasteiger partial charge >= 0.3 is 5.97 Å². The lowest BCUT2D eigenvalue weighted by Gasteiger charge is -2.09. The number of nitrogen functional groups attached to an aromatic ring is 1. The van der Waals surface area contributed by atoms with Crippen LogP contribution in [0.25, 0.3) is 21.9 Å². The van der Waals surface area contributed by atoms with Crippen LogP contribution in [0.2, 0.25) is 0 Å². The second-order valence-electron chi connectivity index (χ2n) is 4.77. The summed E-state index contributed by atoms with van der Waals surface area (Å²) in [6.07, 6.45) is 1.51. The number of aromatic amines is 1. The summed E-state index contributed by atoms with van der Waals surface area (Å²) in [4.78, 5) is 19.8. The van der Waals surface area contributed by atoms with Crippen molar-refractivity contribution in [3.05, 3.63) is 48.2 Å². The summed E-state index contributed by atoms with van der Waals surface area (Å²) in [5.74, 6) is -0.482. The van der Waals surface area contributed by atoms with Gasteiger partial charge in [-0.05, 0) is 13.0 Å². The summed E-state index contributed by atoms with van der Waals surface area (Å²) in [6, 6.07) is 7.74. The Kier molecular flexibility index (Phi) is 3.10. The third-order valence-electron chi connectivity index (χ3n) is 3.40. The second-order valence-corrected chi connectivity index (χ2v) is 4.77. The van der Waals surface area contributed by atoms with E-state index >= 15 is 0 Å². The zero-order chi connectivity index (χ0) is 15.0. The molecule has 0 unspecified atom stereocenters. The number of anilines is 1. The van der Waals surface area contributed by atoms with E-state index in [4.69, 9.17) is 10.5 Å². The summed E-state index contributed by atoms with van der Waals surface area (Å²) in [5.41, 5.74) is 9.07. The number of pyridine rings is 1. The second kappa shape index (κ2) is 4.94. The first kappa shape index (κ1) is 13.2. The lowest BCUT2D eigenvalue weighted by atomic mass is 10.1. The Bertz CT molecular complexity index is 865. The van der Waals surface area contributed by atoms with E-state index in [9.17, 15) is 4.79 Å². The number of benzene rings is 1. The lowest BCUT2D eigenvalue weighted by Crippen LogP contribution is -2.12. The van der Waals surface area contributed by atoms with Gasteiger partial charge in [0.25, 0.3) is 0 Å². The van der Waals surface area contributed by atoms with Crippen molar-refractivity contribution in [3.8, 4) is 0 Å². The van der Waals surface area contributed by atoms with Gasteiger partial charge in [-0.1, -0.05) is 30.9 Å². The molecule has 0 saturated carbocycles. The number of carbonyl (C=O) groups is 1. The first-order valence-electron chi connectivity index (χ1n) is 6.58.